The van der Waals surface area contributed by atoms with Crippen LogP contribution in [0.3, 0.4) is 0 Å². The normalized spacial score (nSPS) is 38.8. The number of carbonyl (C=O) groups excluding carboxylic acids is 1. The van der Waals surface area contributed by atoms with Crippen molar-refractivity contribution in [1.82, 2.24) is 0 Å². The predicted molar refractivity (Wildman–Crippen MR) is 105 cm³/mol. The fraction of sp³-hybridized carbons (Fsp3) is 0.524. The highest BCUT2D eigenvalue weighted by atomic mass is 16.7. The molecule has 11 heteroatoms. The van der Waals surface area contributed by atoms with Gasteiger partial charge in [-0.2, -0.15) is 5.26 Å². The number of benzene rings is 1. The molecule has 9 unspecified atom stereocenters. The summed E-state index contributed by atoms with van der Waals surface area (Å²) in [7, 11) is 0. The molecule has 2 aliphatic rings. The van der Waals surface area contributed by atoms with Crippen LogP contribution in [0.2, 0.25) is 0 Å². The van der Waals surface area contributed by atoms with E-state index in [-0.39, 0.29) is 17.6 Å². The summed E-state index contributed by atoms with van der Waals surface area (Å²) in [5.41, 5.74) is 0.165. The fourth-order valence-electron chi connectivity index (χ4n) is 3.72. The molecule has 174 valence electrons. The van der Waals surface area contributed by atoms with Crippen molar-refractivity contribution in [2.24, 2.45) is 0 Å². The molecule has 9 atom stereocenters. The summed E-state index contributed by atoms with van der Waals surface area (Å²) >= 11 is 0. The quantitative estimate of drug-likeness (QED) is 0.214. The van der Waals surface area contributed by atoms with Gasteiger partial charge in [-0.1, -0.05) is 18.2 Å². The van der Waals surface area contributed by atoms with Crippen molar-refractivity contribution >= 4 is 5.97 Å². The standard InChI is InChI=1S/C21H25NO10/c22-7-6-11-13(30-21-18(28)17(27)16(26)14(9-23)31-21)8-12(24)19(15(11)25)32-20(29)10-4-2-1-3-5-10/h1-6,12-19,21,23-28H,8-9H2. The van der Waals surface area contributed by atoms with Crippen molar-refractivity contribution in [3.05, 3.63) is 47.5 Å². The number of hydrogen-bond acceptors (Lipinski definition) is 11. The van der Waals surface area contributed by atoms with Crippen LogP contribution in [0.5, 0.6) is 0 Å². The molecule has 11 nitrogen and oxygen atoms in total. The number of esters is 1. The topological polar surface area (TPSA) is 190 Å². The molecule has 0 amide bonds. The van der Waals surface area contributed by atoms with Crippen molar-refractivity contribution in [2.45, 2.75) is 61.5 Å². The van der Waals surface area contributed by atoms with Crippen molar-refractivity contribution in [1.29, 1.82) is 5.26 Å². The van der Waals surface area contributed by atoms with Gasteiger partial charge in [0, 0.05) is 18.1 Å². The van der Waals surface area contributed by atoms with E-state index in [2.05, 4.69) is 0 Å². The van der Waals surface area contributed by atoms with E-state index in [1.54, 1.807) is 24.3 Å². The molecule has 2 fully saturated rings. The van der Waals surface area contributed by atoms with E-state index in [1.807, 2.05) is 0 Å². The van der Waals surface area contributed by atoms with Crippen LogP contribution in [0.1, 0.15) is 16.8 Å². The van der Waals surface area contributed by atoms with Crippen LogP contribution in [0.4, 0.5) is 0 Å². The summed E-state index contributed by atoms with van der Waals surface area (Å²) in [5.74, 6) is -0.779. The van der Waals surface area contributed by atoms with Gasteiger partial charge in [-0.05, 0) is 12.1 Å². The van der Waals surface area contributed by atoms with E-state index >= 15 is 0 Å². The van der Waals surface area contributed by atoms with E-state index in [0.29, 0.717) is 0 Å². The number of rotatable bonds is 5. The van der Waals surface area contributed by atoms with E-state index in [4.69, 9.17) is 19.5 Å². The zero-order valence-corrected chi connectivity index (χ0v) is 16.8. The first kappa shape index (κ1) is 24.2. The third-order valence-corrected chi connectivity index (χ3v) is 5.49. The Balaban J connectivity index is 1.76. The molecule has 1 heterocycles. The second-order valence-corrected chi connectivity index (χ2v) is 7.58. The minimum Gasteiger partial charge on any atom is -0.453 e. The van der Waals surface area contributed by atoms with E-state index in [1.165, 1.54) is 12.1 Å². The van der Waals surface area contributed by atoms with Crippen LogP contribution >= 0.6 is 0 Å². The van der Waals surface area contributed by atoms with Gasteiger partial charge in [0.05, 0.1) is 30.4 Å². The second kappa shape index (κ2) is 10.5. The molecule has 32 heavy (non-hydrogen) atoms. The van der Waals surface area contributed by atoms with E-state index < -0.39 is 67.7 Å². The highest BCUT2D eigenvalue weighted by Gasteiger charge is 2.48. The molecule has 0 radical (unpaired) electrons. The average molecular weight is 451 g/mol. The first-order chi connectivity index (χ1) is 15.3. The highest BCUT2D eigenvalue weighted by Crippen LogP contribution is 2.33. The number of ether oxygens (including phenoxy) is 3. The Labute approximate surface area is 183 Å². The van der Waals surface area contributed by atoms with Gasteiger partial charge >= 0.3 is 5.97 Å². The maximum atomic E-state index is 12.4. The number of nitrogens with zero attached hydrogens (tertiary/aromatic N) is 1. The summed E-state index contributed by atoms with van der Waals surface area (Å²) < 4.78 is 16.2. The molecule has 1 saturated heterocycles. The molecule has 1 saturated carbocycles. The van der Waals surface area contributed by atoms with Gasteiger partial charge in [0.1, 0.15) is 30.5 Å². The third kappa shape index (κ3) is 4.98. The van der Waals surface area contributed by atoms with Gasteiger partial charge in [-0.15, -0.1) is 0 Å². The third-order valence-electron chi connectivity index (χ3n) is 5.49. The van der Waals surface area contributed by atoms with Crippen molar-refractivity contribution < 1.29 is 49.6 Å². The smallest absolute Gasteiger partial charge is 0.338 e. The molecular formula is C21H25NO10. The van der Waals surface area contributed by atoms with Gasteiger partial charge in [0.25, 0.3) is 0 Å². The Hall–Kier alpha value is -2.40. The summed E-state index contributed by atoms with van der Waals surface area (Å²) in [6.07, 6.45) is -12.6. The first-order valence-electron chi connectivity index (χ1n) is 9.96. The molecule has 0 aromatic heterocycles. The van der Waals surface area contributed by atoms with Crippen LogP contribution in [-0.4, -0.2) is 98.3 Å². The van der Waals surface area contributed by atoms with Crippen LogP contribution in [0.15, 0.2) is 42.0 Å². The average Bonchev–Trinajstić information content (AvgIpc) is 2.79. The zero-order valence-electron chi connectivity index (χ0n) is 16.8. The molecule has 0 spiro atoms. The second-order valence-electron chi connectivity index (χ2n) is 7.58. The zero-order chi connectivity index (χ0) is 23.4. The lowest BCUT2D eigenvalue weighted by Crippen LogP contribution is -2.60. The minimum absolute atomic E-state index is 0.0411. The van der Waals surface area contributed by atoms with E-state index in [0.717, 1.165) is 6.08 Å². The number of nitriles is 1. The summed E-state index contributed by atoms with van der Waals surface area (Å²) in [5, 5.41) is 69.7. The van der Waals surface area contributed by atoms with Gasteiger partial charge in [0.15, 0.2) is 12.4 Å². The Morgan fingerprint density at radius 3 is 2.44 bits per heavy atom. The first-order valence-corrected chi connectivity index (χ1v) is 9.96. The molecular weight excluding hydrogens is 426 g/mol. The van der Waals surface area contributed by atoms with Crippen molar-refractivity contribution in [3.63, 3.8) is 0 Å². The predicted octanol–water partition coefficient (Wildman–Crippen LogP) is -2.03. The SMILES string of the molecule is N#CC=C1C(OC2OC(CO)C(O)C(O)C2O)CC(O)C(OC(=O)c2ccccc2)C1O. The van der Waals surface area contributed by atoms with Gasteiger partial charge in [0.2, 0.25) is 0 Å². The lowest BCUT2D eigenvalue weighted by Gasteiger charge is -2.43. The maximum Gasteiger partial charge on any atom is 0.338 e. The lowest BCUT2D eigenvalue weighted by atomic mass is 9.84. The monoisotopic (exact) mass is 451 g/mol. The minimum atomic E-state index is -1.71. The fourth-order valence-corrected chi connectivity index (χ4v) is 3.72. The Kier molecular flexibility index (Phi) is 7.94. The Bertz CT molecular complexity index is 854. The van der Waals surface area contributed by atoms with Crippen LogP contribution in [0.25, 0.3) is 0 Å². The van der Waals surface area contributed by atoms with Crippen LogP contribution < -0.4 is 0 Å². The van der Waals surface area contributed by atoms with Crippen LogP contribution in [-0.2, 0) is 14.2 Å². The summed E-state index contributed by atoms with van der Waals surface area (Å²) in [6.45, 7) is -0.668. The van der Waals surface area contributed by atoms with Gasteiger partial charge in [-0.25, -0.2) is 4.79 Å². The number of aliphatic hydroxyl groups is 6. The number of hydrogen-bond donors (Lipinski definition) is 6. The molecule has 1 aliphatic heterocycles. The van der Waals surface area contributed by atoms with Crippen LogP contribution in [0, 0.1) is 11.3 Å². The van der Waals surface area contributed by atoms with Crippen molar-refractivity contribution in [2.75, 3.05) is 6.61 Å². The Morgan fingerprint density at radius 1 is 1.12 bits per heavy atom. The summed E-state index contributed by atoms with van der Waals surface area (Å²) in [4.78, 5) is 12.4. The molecule has 0 bridgehead atoms. The molecule has 3 rings (SSSR count). The summed E-state index contributed by atoms with van der Waals surface area (Å²) in [6, 6.07) is 9.69. The Morgan fingerprint density at radius 2 is 1.81 bits per heavy atom. The largest absolute Gasteiger partial charge is 0.453 e. The lowest BCUT2D eigenvalue weighted by molar-refractivity contribution is -0.312. The maximum absolute atomic E-state index is 12.4. The van der Waals surface area contributed by atoms with Gasteiger partial charge in [-0.3, -0.25) is 0 Å². The molecule has 1 aliphatic carbocycles. The number of allylic oxidation sites excluding steroid dienone is 1. The highest BCUT2D eigenvalue weighted by molar-refractivity contribution is 5.89. The number of carbonyl (C=O) groups is 1. The van der Waals surface area contributed by atoms with Crippen molar-refractivity contribution in [3.8, 4) is 6.07 Å². The van der Waals surface area contributed by atoms with E-state index in [9.17, 15) is 35.4 Å². The molecule has 6 N–H and O–H groups in total. The molecule has 1 aromatic carbocycles. The molecule has 1 aromatic rings. The van der Waals surface area contributed by atoms with Gasteiger partial charge < -0.3 is 44.8 Å². The number of aliphatic hydroxyl groups excluding tert-OH is 6.